The van der Waals surface area contributed by atoms with Crippen molar-refractivity contribution in [2.75, 3.05) is 10.8 Å². The first-order chi connectivity index (χ1) is 22.6. The molecule has 0 spiro atoms. The molecular formula is C37H39Cl2N3O4S. The molecule has 1 atom stereocenters. The number of anilines is 1. The number of halogens is 2. The van der Waals surface area contributed by atoms with Crippen LogP contribution < -0.4 is 9.62 Å². The van der Waals surface area contributed by atoms with Gasteiger partial charge >= 0.3 is 0 Å². The standard InChI is InChI=1S/C37H39Cl2N3O4S/c1-27-13-11-18-30(23-27)42(47(45,46)31-19-9-4-10-20-31)26-36(43)41(25-32-33(38)21-12-22-34(32)39)35(24-28-14-5-2-6-15-28)37(44)40-29-16-7-3-8-17-29/h2,4-6,9-15,18-23,29,35H,3,7-8,16-17,24-26H2,1H3,(H,40,44)/t35-/m1/s1. The van der Waals surface area contributed by atoms with Crippen LogP contribution in [0.15, 0.2) is 108 Å². The molecular weight excluding hydrogens is 653 g/mol. The van der Waals surface area contributed by atoms with E-state index in [1.807, 2.05) is 43.3 Å². The third-order valence-corrected chi connectivity index (χ3v) is 11.0. The lowest BCUT2D eigenvalue weighted by Crippen LogP contribution is -2.55. The number of carbonyl (C=O) groups is 2. The first-order valence-electron chi connectivity index (χ1n) is 15.8. The van der Waals surface area contributed by atoms with E-state index in [4.69, 9.17) is 23.2 Å². The van der Waals surface area contributed by atoms with Gasteiger partial charge in [0.2, 0.25) is 11.8 Å². The van der Waals surface area contributed by atoms with E-state index >= 15 is 0 Å². The van der Waals surface area contributed by atoms with Crippen LogP contribution in [-0.2, 0) is 32.6 Å². The second-order valence-electron chi connectivity index (χ2n) is 11.9. The van der Waals surface area contributed by atoms with Gasteiger partial charge in [0.05, 0.1) is 10.6 Å². The van der Waals surface area contributed by atoms with Crippen molar-refractivity contribution in [3.8, 4) is 0 Å². The molecule has 2 amide bonds. The summed E-state index contributed by atoms with van der Waals surface area (Å²) in [5, 5.41) is 3.89. The molecule has 10 heteroatoms. The van der Waals surface area contributed by atoms with Crippen LogP contribution in [0.4, 0.5) is 5.69 Å². The second-order valence-corrected chi connectivity index (χ2v) is 14.6. The number of rotatable bonds is 12. The number of hydrogen-bond acceptors (Lipinski definition) is 4. The van der Waals surface area contributed by atoms with Crippen LogP contribution in [0.1, 0.15) is 48.8 Å². The first-order valence-corrected chi connectivity index (χ1v) is 18.0. The fourth-order valence-electron chi connectivity index (χ4n) is 5.98. The molecule has 0 aromatic heterocycles. The van der Waals surface area contributed by atoms with E-state index < -0.39 is 28.5 Å². The molecule has 1 fully saturated rings. The Bertz CT molecular complexity index is 1760. The lowest BCUT2D eigenvalue weighted by Gasteiger charge is -2.35. The summed E-state index contributed by atoms with van der Waals surface area (Å²) in [6, 6.07) is 28.6. The van der Waals surface area contributed by atoms with Gasteiger partial charge in [-0.3, -0.25) is 13.9 Å². The second kappa shape index (κ2) is 15.8. The maximum absolute atomic E-state index is 14.7. The molecule has 5 rings (SSSR count). The van der Waals surface area contributed by atoms with E-state index in [0.29, 0.717) is 21.3 Å². The summed E-state index contributed by atoms with van der Waals surface area (Å²) >= 11 is 13.2. The monoisotopic (exact) mass is 691 g/mol. The highest BCUT2D eigenvalue weighted by molar-refractivity contribution is 7.92. The predicted octanol–water partition coefficient (Wildman–Crippen LogP) is 7.59. The molecule has 1 aliphatic rings. The number of aryl methyl sites for hydroxylation is 1. The maximum atomic E-state index is 14.7. The number of hydrogen-bond donors (Lipinski definition) is 1. The predicted molar refractivity (Wildman–Crippen MR) is 188 cm³/mol. The largest absolute Gasteiger partial charge is 0.352 e. The lowest BCUT2D eigenvalue weighted by atomic mass is 9.94. The molecule has 4 aromatic rings. The number of carbonyl (C=O) groups excluding carboxylic acids is 2. The van der Waals surface area contributed by atoms with E-state index in [1.54, 1.807) is 54.6 Å². The molecule has 0 unspecified atom stereocenters. The number of amides is 2. The van der Waals surface area contributed by atoms with Gasteiger partial charge in [-0.05, 0) is 67.3 Å². The summed E-state index contributed by atoms with van der Waals surface area (Å²) in [5.74, 6) is -0.868. The van der Waals surface area contributed by atoms with Crippen molar-refractivity contribution in [1.82, 2.24) is 10.2 Å². The Hall–Kier alpha value is -3.85. The zero-order valence-electron chi connectivity index (χ0n) is 26.3. The van der Waals surface area contributed by atoms with Crippen molar-refractivity contribution in [3.05, 3.63) is 130 Å². The van der Waals surface area contributed by atoms with Crippen LogP contribution in [0.25, 0.3) is 0 Å². The van der Waals surface area contributed by atoms with Crippen molar-refractivity contribution < 1.29 is 18.0 Å². The Labute approximate surface area is 287 Å². The van der Waals surface area contributed by atoms with Crippen LogP contribution in [0.2, 0.25) is 10.0 Å². The van der Waals surface area contributed by atoms with E-state index in [2.05, 4.69) is 5.32 Å². The number of benzene rings is 4. The minimum absolute atomic E-state index is 0.00220. The Kier molecular flexibility index (Phi) is 11.6. The molecule has 246 valence electrons. The molecule has 0 bridgehead atoms. The van der Waals surface area contributed by atoms with Gasteiger partial charge in [0.25, 0.3) is 10.0 Å². The van der Waals surface area contributed by atoms with E-state index in [-0.39, 0.29) is 29.8 Å². The number of nitrogens with one attached hydrogen (secondary N) is 1. The first kappa shape index (κ1) is 34.5. The summed E-state index contributed by atoms with van der Waals surface area (Å²) in [6.07, 6.45) is 5.11. The Balaban J connectivity index is 1.59. The van der Waals surface area contributed by atoms with E-state index in [0.717, 1.165) is 47.5 Å². The smallest absolute Gasteiger partial charge is 0.264 e. The average molecular weight is 693 g/mol. The summed E-state index contributed by atoms with van der Waals surface area (Å²) < 4.78 is 29.4. The number of nitrogens with zero attached hydrogens (tertiary/aromatic N) is 2. The molecule has 1 N–H and O–H groups in total. The number of sulfonamides is 1. The zero-order valence-corrected chi connectivity index (χ0v) is 28.6. The maximum Gasteiger partial charge on any atom is 0.264 e. The zero-order chi connectivity index (χ0) is 33.4. The van der Waals surface area contributed by atoms with Crippen molar-refractivity contribution in [2.24, 2.45) is 0 Å². The molecule has 7 nitrogen and oxygen atoms in total. The molecule has 0 aliphatic heterocycles. The molecule has 0 radical (unpaired) electrons. The van der Waals surface area contributed by atoms with Crippen molar-refractivity contribution in [3.63, 3.8) is 0 Å². The van der Waals surface area contributed by atoms with E-state index in [9.17, 15) is 18.0 Å². The van der Waals surface area contributed by atoms with Gasteiger partial charge in [-0.25, -0.2) is 8.42 Å². The van der Waals surface area contributed by atoms with Crippen LogP contribution in [0, 0.1) is 6.92 Å². The summed E-state index contributed by atoms with van der Waals surface area (Å²) in [5.41, 5.74) is 2.49. The van der Waals surface area contributed by atoms with Crippen molar-refractivity contribution >= 4 is 50.7 Å². The molecule has 1 aliphatic carbocycles. The normalized spacial score (nSPS) is 14.3. The summed E-state index contributed by atoms with van der Waals surface area (Å²) in [7, 11) is -4.18. The van der Waals surface area contributed by atoms with Gasteiger partial charge in [-0.15, -0.1) is 0 Å². The minimum atomic E-state index is -4.18. The topological polar surface area (TPSA) is 86.8 Å². The highest BCUT2D eigenvalue weighted by atomic mass is 35.5. The van der Waals surface area contributed by atoms with Crippen LogP contribution in [-0.4, -0.2) is 43.8 Å². The van der Waals surface area contributed by atoms with Gasteiger partial charge in [-0.2, -0.15) is 0 Å². The molecule has 0 saturated heterocycles. The van der Waals surface area contributed by atoms with Crippen molar-refractivity contribution in [2.45, 2.75) is 69.0 Å². The highest BCUT2D eigenvalue weighted by Gasteiger charge is 2.36. The van der Waals surface area contributed by atoms with Crippen LogP contribution >= 0.6 is 23.2 Å². The van der Waals surface area contributed by atoms with Gasteiger partial charge in [0.1, 0.15) is 12.6 Å². The minimum Gasteiger partial charge on any atom is -0.352 e. The summed E-state index contributed by atoms with van der Waals surface area (Å²) in [6.45, 7) is 1.21. The van der Waals surface area contributed by atoms with Crippen molar-refractivity contribution in [1.29, 1.82) is 0 Å². The Morgan fingerprint density at radius 1 is 0.830 bits per heavy atom. The van der Waals surface area contributed by atoms with E-state index in [1.165, 1.54) is 17.0 Å². The van der Waals surface area contributed by atoms with Gasteiger partial charge in [0, 0.05) is 34.6 Å². The average Bonchev–Trinajstić information content (AvgIpc) is 3.07. The quantitative estimate of drug-likeness (QED) is 0.166. The molecule has 1 saturated carbocycles. The fourth-order valence-corrected chi connectivity index (χ4v) is 7.93. The lowest BCUT2D eigenvalue weighted by molar-refractivity contribution is -0.140. The third-order valence-electron chi connectivity index (χ3n) is 8.51. The molecule has 0 heterocycles. The summed E-state index contributed by atoms with van der Waals surface area (Å²) in [4.78, 5) is 30.4. The Morgan fingerprint density at radius 3 is 2.09 bits per heavy atom. The van der Waals surface area contributed by atoms with Crippen LogP contribution in [0.5, 0.6) is 0 Å². The fraction of sp³-hybridized carbons (Fsp3) is 0.297. The highest BCUT2D eigenvalue weighted by Crippen LogP contribution is 2.29. The van der Waals surface area contributed by atoms with Crippen LogP contribution in [0.3, 0.4) is 0 Å². The molecule has 47 heavy (non-hydrogen) atoms. The SMILES string of the molecule is Cc1cccc(N(CC(=O)N(Cc2c(Cl)cccc2Cl)[C@H](Cc2ccccc2)C(=O)NC2CCCCC2)S(=O)(=O)c2ccccc2)c1. The molecule has 4 aromatic carbocycles. The van der Waals surface area contributed by atoms with Gasteiger partial charge in [0.15, 0.2) is 0 Å². The van der Waals surface area contributed by atoms with Gasteiger partial charge in [-0.1, -0.05) is 109 Å². The van der Waals surface area contributed by atoms with Gasteiger partial charge < -0.3 is 10.2 Å². The Morgan fingerprint density at radius 2 is 1.45 bits per heavy atom. The third kappa shape index (κ3) is 8.74.